The van der Waals surface area contributed by atoms with Gasteiger partial charge in [-0.2, -0.15) is 8.42 Å². The number of carboxylic acids is 1. The zero-order chi connectivity index (χ0) is 26.0. The molecular weight excluding hydrogens is 531 g/mol. The first kappa shape index (κ1) is 28.1. The van der Waals surface area contributed by atoms with Gasteiger partial charge in [0.2, 0.25) is 5.91 Å². The maximum Gasteiger partial charge on any atom is 0.352 e. The third kappa shape index (κ3) is 6.96. The van der Waals surface area contributed by atoms with E-state index in [0.717, 1.165) is 6.07 Å². The van der Waals surface area contributed by atoms with Gasteiger partial charge in [0.15, 0.2) is 0 Å². The minimum atomic E-state index is -4.19. The molecule has 0 saturated carbocycles. The van der Waals surface area contributed by atoms with Gasteiger partial charge in [0.25, 0.3) is 10.1 Å². The van der Waals surface area contributed by atoms with Crippen molar-refractivity contribution in [2.24, 2.45) is 5.73 Å². The van der Waals surface area contributed by atoms with Crippen molar-refractivity contribution in [1.82, 2.24) is 4.90 Å². The van der Waals surface area contributed by atoms with Gasteiger partial charge in [-0.15, -0.1) is 11.8 Å². The van der Waals surface area contributed by atoms with Gasteiger partial charge >= 0.3 is 11.9 Å². The average molecular weight is 553 g/mol. The van der Waals surface area contributed by atoms with Gasteiger partial charge in [-0.1, -0.05) is 23.2 Å². The summed E-state index contributed by atoms with van der Waals surface area (Å²) in [5.74, 6) is -1.83. The number of carbonyl (C=O) groups excluding carboxylic acids is 2. The van der Waals surface area contributed by atoms with Crippen molar-refractivity contribution in [3.05, 3.63) is 51.7 Å². The largest absolute Gasteiger partial charge is 0.477 e. The van der Waals surface area contributed by atoms with Crippen LogP contribution < -0.4 is 5.73 Å². The maximum atomic E-state index is 11.8. The number of nitrogens with two attached hydrogens (primary N) is 1. The molecule has 2 aliphatic heterocycles. The third-order valence-electron chi connectivity index (χ3n) is 4.26. The normalized spacial score (nSPS) is 20.3. The molecule has 1 saturated heterocycles. The van der Waals surface area contributed by atoms with Crippen LogP contribution in [0.3, 0.4) is 0 Å². The molecule has 1 fully saturated rings. The molecule has 10 nitrogen and oxygen atoms in total. The molecule has 0 radical (unpaired) electrons. The molecule has 0 bridgehead atoms. The van der Waals surface area contributed by atoms with Crippen molar-refractivity contribution in [2.45, 2.75) is 42.7 Å². The van der Waals surface area contributed by atoms with Gasteiger partial charge in [0.05, 0.1) is 14.9 Å². The Hall–Kier alpha value is -2.09. The molecule has 1 aromatic carbocycles. The average Bonchev–Trinajstić information content (AvgIpc) is 2.71. The van der Waals surface area contributed by atoms with Gasteiger partial charge < -0.3 is 15.6 Å². The summed E-state index contributed by atoms with van der Waals surface area (Å²) < 4.78 is 34.8. The van der Waals surface area contributed by atoms with Crippen LogP contribution in [0.4, 0.5) is 0 Å². The van der Waals surface area contributed by atoms with Crippen molar-refractivity contribution in [3.8, 4) is 0 Å². The number of benzene rings is 1. The van der Waals surface area contributed by atoms with E-state index in [1.54, 1.807) is 20.8 Å². The summed E-state index contributed by atoms with van der Waals surface area (Å²) in [6, 6.07) is 2.88. The number of esters is 1. The second-order valence-electron chi connectivity index (χ2n) is 8.03. The molecule has 0 aromatic heterocycles. The van der Waals surface area contributed by atoms with E-state index in [1.807, 2.05) is 0 Å². The van der Waals surface area contributed by atoms with E-state index < -0.39 is 39.6 Å². The van der Waals surface area contributed by atoms with Crippen LogP contribution in [-0.2, 0) is 29.2 Å². The van der Waals surface area contributed by atoms with Crippen molar-refractivity contribution in [3.63, 3.8) is 0 Å². The molecule has 1 amide bonds. The summed E-state index contributed by atoms with van der Waals surface area (Å²) in [6.07, 6.45) is 2.56. The Morgan fingerprint density at radius 1 is 1.26 bits per heavy atom. The highest BCUT2D eigenvalue weighted by Crippen LogP contribution is 2.39. The summed E-state index contributed by atoms with van der Waals surface area (Å²) in [7, 11) is -4.19. The predicted octanol–water partition coefficient (Wildman–Crippen LogP) is 2.71. The van der Waals surface area contributed by atoms with E-state index in [-0.39, 0.29) is 26.0 Å². The Labute approximate surface area is 210 Å². The number of fused-ring (bicyclic) bond motifs is 1. The monoisotopic (exact) mass is 552 g/mol. The number of nitrogens with zero attached hydrogens (tertiary/aromatic N) is 1. The zero-order valence-electron chi connectivity index (χ0n) is 18.2. The summed E-state index contributed by atoms with van der Waals surface area (Å²) >= 11 is 12.4. The number of hydrogen-bond donors (Lipinski definition) is 3. The summed E-state index contributed by atoms with van der Waals surface area (Å²) in [6.45, 7) is 5.21. The second kappa shape index (κ2) is 10.7. The number of β-lactam (4-membered cyclic amide) rings is 1. The molecular formula is C20H22Cl2N2O8S2. The van der Waals surface area contributed by atoms with Crippen molar-refractivity contribution in [1.29, 1.82) is 0 Å². The van der Waals surface area contributed by atoms with Crippen molar-refractivity contribution >= 4 is 62.9 Å². The fourth-order valence-electron chi connectivity index (χ4n) is 2.81. The first-order valence-electron chi connectivity index (χ1n) is 9.53. The highest BCUT2D eigenvalue weighted by molar-refractivity contribution is 8.00. The second-order valence-corrected chi connectivity index (χ2v) is 11.4. The predicted molar refractivity (Wildman–Crippen MR) is 127 cm³/mol. The molecule has 2 heterocycles. The number of carboxylic acid groups (broad SMARTS) is 1. The van der Waals surface area contributed by atoms with Crippen molar-refractivity contribution in [2.75, 3.05) is 5.75 Å². The lowest BCUT2D eigenvalue weighted by Gasteiger charge is -2.47. The topological polar surface area (TPSA) is 164 Å². The fourth-order valence-corrected chi connectivity index (χ4v) is 4.94. The van der Waals surface area contributed by atoms with E-state index >= 15 is 0 Å². The number of thioether (sulfide) groups is 1. The molecule has 1 aromatic rings. The Bertz CT molecular complexity index is 1180. The van der Waals surface area contributed by atoms with Crippen LogP contribution in [0.2, 0.25) is 10.0 Å². The molecule has 0 aliphatic carbocycles. The minimum Gasteiger partial charge on any atom is -0.477 e. The lowest BCUT2D eigenvalue weighted by Crippen LogP contribution is -2.68. The summed E-state index contributed by atoms with van der Waals surface area (Å²) in [5.41, 5.74) is 5.30. The lowest BCUT2D eigenvalue weighted by molar-refractivity contribution is -0.148. The van der Waals surface area contributed by atoms with E-state index in [4.69, 9.17) is 38.2 Å². The number of allylic oxidation sites excluding steroid dienone is 1. The van der Waals surface area contributed by atoms with Crippen LogP contribution in [0.5, 0.6) is 0 Å². The number of ether oxygens (including phenoxy) is 1. The summed E-state index contributed by atoms with van der Waals surface area (Å²) in [5, 5.41) is 9.31. The first-order valence-corrected chi connectivity index (χ1v) is 12.8. The Balaban J connectivity index is 0.000000287. The Morgan fingerprint density at radius 2 is 1.88 bits per heavy atom. The maximum absolute atomic E-state index is 11.8. The number of amides is 1. The molecule has 186 valence electrons. The van der Waals surface area contributed by atoms with Gasteiger partial charge in [-0.05, 0) is 50.6 Å². The van der Waals surface area contributed by atoms with Gasteiger partial charge in [0.1, 0.15) is 22.7 Å². The van der Waals surface area contributed by atoms with Crippen molar-refractivity contribution < 1.29 is 37.2 Å². The van der Waals surface area contributed by atoms with Crippen LogP contribution in [0, 0.1) is 0 Å². The highest BCUT2D eigenvalue weighted by Gasteiger charge is 2.51. The van der Waals surface area contributed by atoms with E-state index in [2.05, 4.69) is 0 Å². The Morgan fingerprint density at radius 3 is 2.38 bits per heavy atom. The smallest absolute Gasteiger partial charge is 0.352 e. The van der Waals surface area contributed by atoms with Crippen LogP contribution in [0.15, 0.2) is 46.5 Å². The number of hydrogen-bond acceptors (Lipinski definition) is 8. The molecule has 2 atom stereocenters. The third-order valence-corrected chi connectivity index (χ3v) is 7.17. The Kier molecular flexibility index (Phi) is 8.83. The lowest BCUT2D eigenvalue weighted by atomic mass is 10.0. The SMILES string of the molecule is CC(C)(C)OC(=O)C=CC1=C(C(=O)O)N2C(=O)C(N)[C@@H]2SC1.O=S(=O)(O)c1ccc(Cl)c(Cl)c1. The van der Waals surface area contributed by atoms with E-state index in [1.165, 1.54) is 40.9 Å². The van der Waals surface area contributed by atoms with Crippen LogP contribution in [0.25, 0.3) is 0 Å². The highest BCUT2D eigenvalue weighted by atomic mass is 35.5. The number of halogens is 2. The summed E-state index contributed by atoms with van der Waals surface area (Å²) in [4.78, 5) is 35.8. The van der Waals surface area contributed by atoms with Gasteiger partial charge in [-0.25, -0.2) is 9.59 Å². The zero-order valence-corrected chi connectivity index (χ0v) is 21.3. The van der Waals surface area contributed by atoms with Crippen LogP contribution in [-0.4, -0.2) is 63.6 Å². The molecule has 2 aliphatic rings. The van der Waals surface area contributed by atoms with E-state index in [0.29, 0.717) is 11.3 Å². The van der Waals surface area contributed by atoms with Crippen LogP contribution in [0.1, 0.15) is 20.8 Å². The van der Waals surface area contributed by atoms with Gasteiger partial charge in [0, 0.05) is 11.8 Å². The fraction of sp³-hybridized carbons (Fsp3) is 0.350. The quantitative estimate of drug-likeness (QED) is 0.219. The number of carbonyl (C=O) groups is 3. The molecule has 34 heavy (non-hydrogen) atoms. The molecule has 4 N–H and O–H groups in total. The molecule has 1 unspecified atom stereocenters. The van der Waals surface area contributed by atoms with E-state index in [9.17, 15) is 27.9 Å². The number of aliphatic carboxylic acids is 1. The standard InChI is InChI=1S/C14H18N2O5S.C6H4Cl2O3S/c1-14(2,3)21-8(17)5-4-7-6-22-12-9(15)11(18)16(12)10(7)13(19)20;7-5-2-1-4(3-6(5)8)12(9,10)11/h4-5,9,12H,6,15H2,1-3H3,(H,19,20);1-3H,(H,9,10,11)/t9?,12-;/m0./s1. The minimum absolute atomic E-state index is 0.0896. The number of rotatable bonds is 4. The first-order chi connectivity index (χ1) is 15.5. The molecule has 0 spiro atoms. The molecule has 14 heteroatoms. The van der Waals surface area contributed by atoms with Gasteiger partial charge in [-0.3, -0.25) is 14.2 Å². The van der Waals surface area contributed by atoms with Crippen LogP contribution >= 0.6 is 35.0 Å². The molecule has 3 rings (SSSR count).